The quantitative estimate of drug-likeness (QED) is 0.426. The number of primary amides is 1. The Labute approximate surface area is 213 Å². The van der Waals surface area contributed by atoms with Gasteiger partial charge in [-0.1, -0.05) is 30.8 Å². The van der Waals surface area contributed by atoms with E-state index in [2.05, 4.69) is 22.4 Å². The monoisotopic (exact) mass is 513 g/mol. The molecule has 3 aromatic rings. The van der Waals surface area contributed by atoms with Gasteiger partial charge in [-0.2, -0.15) is 0 Å². The van der Waals surface area contributed by atoms with Gasteiger partial charge in [0, 0.05) is 11.9 Å². The minimum Gasteiger partial charge on any atom is -0.482 e. The number of ether oxygens (including phenoxy) is 1. The van der Waals surface area contributed by atoms with Gasteiger partial charge in [-0.3, -0.25) is 9.59 Å². The highest BCUT2D eigenvalue weighted by atomic mass is 32.2. The normalized spacial score (nSPS) is 16.0. The summed E-state index contributed by atoms with van der Waals surface area (Å²) in [4.78, 5) is 26.0. The lowest BCUT2D eigenvalue weighted by molar-refractivity contribution is -0.113. The van der Waals surface area contributed by atoms with Crippen LogP contribution in [-0.2, 0) is 24.7 Å². The lowest BCUT2D eigenvalue weighted by Crippen LogP contribution is -2.20. The summed E-state index contributed by atoms with van der Waals surface area (Å²) in [7, 11) is 1.86. The van der Waals surface area contributed by atoms with E-state index >= 15 is 0 Å². The van der Waals surface area contributed by atoms with Crippen molar-refractivity contribution in [2.75, 3.05) is 11.1 Å². The summed E-state index contributed by atoms with van der Waals surface area (Å²) in [6, 6.07) is 5.96. The molecule has 3 N–H and O–H groups in total. The Morgan fingerprint density at radius 3 is 2.86 bits per heavy atom. The molecule has 10 heteroatoms. The number of rotatable bonds is 8. The van der Waals surface area contributed by atoms with Crippen LogP contribution in [0.3, 0.4) is 0 Å². The minimum absolute atomic E-state index is 0.134. The molecule has 2 atom stereocenters. The Kier molecular flexibility index (Phi) is 7.51. The SMILES string of the molecule is Cc1cccc(OC(C)c2nnc(SCC(=O)Nc3sc4c(c3C(N)=O)CCC(C)C4)n2C)c1C. The summed E-state index contributed by atoms with van der Waals surface area (Å²) in [6.45, 7) is 8.21. The zero-order valence-corrected chi connectivity index (χ0v) is 22.3. The van der Waals surface area contributed by atoms with Crippen LogP contribution in [0.2, 0.25) is 0 Å². The number of aromatic nitrogens is 3. The van der Waals surface area contributed by atoms with Gasteiger partial charge >= 0.3 is 0 Å². The number of anilines is 1. The number of fused-ring (bicyclic) bond motifs is 1. The van der Waals surface area contributed by atoms with E-state index in [0.29, 0.717) is 27.5 Å². The zero-order valence-electron chi connectivity index (χ0n) is 20.7. The van der Waals surface area contributed by atoms with Crippen LogP contribution in [0.25, 0.3) is 0 Å². The van der Waals surface area contributed by atoms with Crippen LogP contribution < -0.4 is 15.8 Å². The summed E-state index contributed by atoms with van der Waals surface area (Å²) in [5.41, 5.74) is 9.38. The van der Waals surface area contributed by atoms with Crippen LogP contribution in [0.5, 0.6) is 5.75 Å². The van der Waals surface area contributed by atoms with E-state index in [0.717, 1.165) is 46.6 Å². The second-order valence-corrected chi connectivity index (χ2v) is 11.2. The number of nitrogens with two attached hydrogens (primary N) is 1. The number of benzene rings is 1. The number of hydrogen-bond donors (Lipinski definition) is 2. The Morgan fingerprint density at radius 2 is 2.11 bits per heavy atom. The van der Waals surface area contributed by atoms with E-state index in [4.69, 9.17) is 10.5 Å². The predicted molar refractivity (Wildman–Crippen MR) is 139 cm³/mol. The molecule has 1 aromatic carbocycles. The molecule has 2 unspecified atom stereocenters. The van der Waals surface area contributed by atoms with Crippen molar-refractivity contribution in [2.24, 2.45) is 18.7 Å². The largest absolute Gasteiger partial charge is 0.482 e. The maximum Gasteiger partial charge on any atom is 0.251 e. The molecule has 4 rings (SSSR count). The number of nitrogens with one attached hydrogen (secondary N) is 1. The van der Waals surface area contributed by atoms with Crippen molar-refractivity contribution in [3.63, 3.8) is 0 Å². The summed E-state index contributed by atoms with van der Waals surface area (Å²) in [5.74, 6) is 1.48. The average molecular weight is 514 g/mol. The second-order valence-electron chi connectivity index (χ2n) is 9.11. The zero-order chi connectivity index (χ0) is 25.3. The molecular formula is C25H31N5O3S2. The standard InChI is InChI=1S/C25H31N5O3S2/c1-13-9-10-17-19(11-13)35-24(21(17)22(26)32)27-20(31)12-34-25-29-28-23(30(25)5)16(4)33-18-8-6-7-14(2)15(18)3/h6-8,13,16H,9-12H2,1-5H3,(H2,26,32)(H,27,31). The van der Waals surface area contributed by atoms with Gasteiger partial charge in [0.2, 0.25) is 5.91 Å². The van der Waals surface area contributed by atoms with Crippen molar-refractivity contribution < 1.29 is 14.3 Å². The fourth-order valence-electron chi connectivity index (χ4n) is 4.29. The van der Waals surface area contributed by atoms with E-state index < -0.39 is 5.91 Å². The molecule has 2 heterocycles. The lowest BCUT2D eigenvalue weighted by atomic mass is 9.88. The fraction of sp³-hybridized carbons (Fsp3) is 0.440. The Morgan fingerprint density at radius 1 is 1.34 bits per heavy atom. The molecule has 0 fully saturated rings. The Bertz CT molecular complexity index is 1270. The van der Waals surface area contributed by atoms with Gasteiger partial charge in [0.1, 0.15) is 10.8 Å². The average Bonchev–Trinajstić information content (AvgIpc) is 3.34. The topological polar surface area (TPSA) is 112 Å². The number of aryl methyl sites for hydroxylation is 1. The highest BCUT2D eigenvalue weighted by molar-refractivity contribution is 7.99. The van der Waals surface area contributed by atoms with Crippen LogP contribution in [0.1, 0.15) is 64.1 Å². The Hall–Kier alpha value is -2.85. The van der Waals surface area contributed by atoms with Gasteiger partial charge in [0.25, 0.3) is 5.91 Å². The van der Waals surface area contributed by atoms with Gasteiger partial charge < -0.3 is 20.4 Å². The molecule has 0 aliphatic heterocycles. The number of carbonyl (C=O) groups is 2. The molecule has 0 saturated heterocycles. The maximum atomic E-state index is 12.7. The van der Waals surface area contributed by atoms with Crippen molar-refractivity contribution in [3.05, 3.63) is 51.2 Å². The molecule has 35 heavy (non-hydrogen) atoms. The van der Waals surface area contributed by atoms with Gasteiger partial charge in [-0.15, -0.1) is 21.5 Å². The molecular weight excluding hydrogens is 482 g/mol. The van der Waals surface area contributed by atoms with Gasteiger partial charge in [-0.05, 0) is 68.7 Å². The number of carbonyl (C=O) groups excluding carboxylic acids is 2. The van der Waals surface area contributed by atoms with E-state index in [1.807, 2.05) is 50.6 Å². The summed E-state index contributed by atoms with van der Waals surface area (Å²) < 4.78 is 7.98. The van der Waals surface area contributed by atoms with Crippen molar-refractivity contribution in [1.82, 2.24) is 14.8 Å². The first kappa shape index (κ1) is 25.2. The first-order valence-electron chi connectivity index (χ1n) is 11.6. The second kappa shape index (κ2) is 10.4. The van der Waals surface area contributed by atoms with Gasteiger partial charge in [0.05, 0.1) is 11.3 Å². The maximum absolute atomic E-state index is 12.7. The first-order valence-corrected chi connectivity index (χ1v) is 13.4. The Balaban J connectivity index is 1.41. The van der Waals surface area contributed by atoms with E-state index in [-0.39, 0.29) is 17.8 Å². The third-order valence-electron chi connectivity index (χ3n) is 6.43. The van der Waals surface area contributed by atoms with Gasteiger partial charge in [-0.25, -0.2) is 0 Å². The summed E-state index contributed by atoms with van der Waals surface area (Å²) >= 11 is 2.75. The van der Waals surface area contributed by atoms with E-state index in [9.17, 15) is 9.59 Å². The van der Waals surface area contributed by atoms with Crippen LogP contribution in [-0.4, -0.2) is 32.3 Å². The molecule has 0 radical (unpaired) electrons. The summed E-state index contributed by atoms with van der Waals surface area (Å²) in [5, 5.41) is 12.6. The predicted octanol–water partition coefficient (Wildman–Crippen LogP) is 4.59. The van der Waals surface area contributed by atoms with Crippen LogP contribution in [0.15, 0.2) is 23.4 Å². The number of thioether (sulfide) groups is 1. The smallest absolute Gasteiger partial charge is 0.251 e. The molecule has 2 amide bonds. The highest BCUT2D eigenvalue weighted by Gasteiger charge is 2.27. The molecule has 1 aliphatic rings. The third kappa shape index (κ3) is 5.38. The molecule has 8 nitrogen and oxygen atoms in total. The van der Waals surface area contributed by atoms with E-state index in [1.54, 1.807) is 0 Å². The van der Waals surface area contributed by atoms with Crippen LogP contribution >= 0.6 is 23.1 Å². The van der Waals surface area contributed by atoms with Crippen LogP contribution in [0, 0.1) is 19.8 Å². The van der Waals surface area contributed by atoms with Gasteiger partial charge in [0.15, 0.2) is 17.1 Å². The lowest BCUT2D eigenvalue weighted by Gasteiger charge is -2.18. The van der Waals surface area contributed by atoms with Crippen LogP contribution in [0.4, 0.5) is 5.00 Å². The van der Waals surface area contributed by atoms with E-state index in [1.165, 1.54) is 23.1 Å². The number of nitrogens with zero attached hydrogens (tertiary/aromatic N) is 3. The number of hydrogen-bond acceptors (Lipinski definition) is 7. The number of amides is 2. The van der Waals surface area contributed by atoms with Crippen molar-refractivity contribution >= 4 is 39.9 Å². The highest BCUT2D eigenvalue weighted by Crippen LogP contribution is 2.39. The third-order valence-corrected chi connectivity index (χ3v) is 8.62. The minimum atomic E-state index is -0.490. The van der Waals surface area contributed by atoms with Crippen molar-refractivity contribution in [2.45, 2.75) is 58.2 Å². The number of thiophene rings is 1. The van der Waals surface area contributed by atoms with Crippen molar-refractivity contribution in [3.8, 4) is 5.75 Å². The molecule has 0 bridgehead atoms. The van der Waals surface area contributed by atoms with Crippen molar-refractivity contribution in [1.29, 1.82) is 0 Å². The molecule has 0 spiro atoms. The molecule has 1 aliphatic carbocycles. The first-order chi connectivity index (χ1) is 16.7. The fourth-order valence-corrected chi connectivity index (χ4v) is 6.44. The molecule has 186 valence electrons. The summed E-state index contributed by atoms with van der Waals surface area (Å²) in [6.07, 6.45) is 2.44. The molecule has 0 saturated carbocycles. The molecule has 2 aromatic heterocycles.